The lowest BCUT2D eigenvalue weighted by atomic mass is 9.88. The maximum atomic E-state index is 13.2. The number of aromatic amines is 1. The molecule has 0 amide bonds. The van der Waals surface area contributed by atoms with Crippen LogP contribution in [0, 0.1) is 0 Å². The molecule has 0 radical (unpaired) electrons. The van der Waals surface area contributed by atoms with Gasteiger partial charge < -0.3 is 0 Å². The summed E-state index contributed by atoms with van der Waals surface area (Å²) < 4.78 is 39.6. The van der Waals surface area contributed by atoms with Gasteiger partial charge in [-0.15, -0.1) is 0 Å². The highest BCUT2D eigenvalue weighted by atomic mass is 19.4. The molecule has 1 aliphatic heterocycles. The Labute approximate surface area is 155 Å². The summed E-state index contributed by atoms with van der Waals surface area (Å²) in [6.45, 7) is 3.51. The molecule has 0 bridgehead atoms. The van der Waals surface area contributed by atoms with Gasteiger partial charge >= 0.3 is 6.18 Å². The highest BCUT2D eigenvalue weighted by molar-refractivity contribution is 5.83. The van der Waals surface area contributed by atoms with Crippen molar-refractivity contribution >= 4 is 10.9 Å². The van der Waals surface area contributed by atoms with Crippen LogP contribution >= 0.6 is 0 Å². The Morgan fingerprint density at radius 1 is 1.19 bits per heavy atom. The largest absolute Gasteiger partial charge is 0.401 e. The number of alkyl halides is 3. The van der Waals surface area contributed by atoms with Crippen LogP contribution in [0.15, 0.2) is 36.7 Å². The zero-order valence-electron chi connectivity index (χ0n) is 15.2. The monoisotopic (exact) mass is 374 g/mol. The number of aromatic nitrogens is 3. The van der Waals surface area contributed by atoms with Crippen molar-refractivity contribution in [2.75, 3.05) is 13.1 Å². The molecule has 0 saturated carbocycles. The lowest BCUT2D eigenvalue weighted by molar-refractivity contribution is -0.150. The summed E-state index contributed by atoms with van der Waals surface area (Å²) in [5.74, 6) is 0.321. The van der Waals surface area contributed by atoms with Gasteiger partial charge in [0, 0.05) is 18.1 Å². The molecule has 2 aromatic heterocycles. The van der Waals surface area contributed by atoms with Crippen LogP contribution in [-0.2, 0) is 6.42 Å². The quantitative estimate of drug-likeness (QED) is 0.729. The van der Waals surface area contributed by atoms with Crippen molar-refractivity contribution in [3.05, 3.63) is 59.0 Å². The molecule has 3 heterocycles. The highest BCUT2D eigenvalue weighted by Crippen LogP contribution is 2.38. The molecule has 0 aliphatic carbocycles. The van der Waals surface area contributed by atoms with Crippen LogP contribution in [-0.4, -0.2) is 39.3 Å². The molecule has 0 saturated heterocycles. The van der Waals surface area contributed by atoms with Gasteiger partial charge in [0.1, 0.15) is 0 Å². The molecule has 0 spiro atoms. The first-order valence-electron chi connectivity index (χ1n) is 9.05. The summed E-state index contributed by atoms with van der Waals surface area (Å²) in [6, 6.07) is 7.09. The van der Waals surface area contributed by atoms with Gasteiger partial charge in [-0.1, -0.05) is 26.0 Å². The number of nitrogens with zero attached hydrogens (tertiary/aromatic N) is 3. The summed E-state index contributed by atoms with van der Waals surface area (Å²) in [5.41, 5.74) is 4.55. The first kappa shape index (κ1) is 18.0. The number of hydrogen-bond donors (Lipinski definition) is 1. The van der Waals surface area contributed by atoms with E-state index in [1.165, 1.54) is 4.90 Å². The van der Waals surface area contributed by atoms with Crippen LogP contribution in [0.5, 0.6) is 0 Å². The van der Waals surface area contributed by atoms with Gasteiger partial charge in [0.2, 0.25) is 0 Å². The van der Waals surface area contributed by atoms with Gasteiger partial charge in [0.05, 0.1) is 30.0 Å². The Balaban J connectivity index is 1.82. The molecule has 142 valence electrons. The minimum atomic E-state index is -4.26. The average Bonchev–Trinajstić information content (AvgIpc) is 3.09. The molecule has 1 aromatic carbocycles. The van der Waals surface area contributed by atoms with Crippen LogP contribution in [0.3, 0.4) is 0 Å². The fourth-order valence-electron chi connectivity index (χ4n) is 3.88. The third kappa shape index (κ3) is 3.43. The van der Waals surface area contributed by atoms with Gasteiger partial charge in [-0.2, -0.15) is 18.3 Å². The summed E-state index contributed by atoms with van der Waals surface area (Å²) in [6.07, 6.45) is -0.174. The van der Waals surface area contributed by atoms with E-state index in [-0.39, 0.29) is 0 Å². The third-order valence-electron chi connectivity index (χ3n) is 5.22. The average molecular weight is 374 g/mol. The van der Waals surface area contributed by atoms with E-state index in [0.29, 0.717) is 24.6 Å². The first-order valence-corrected chi connectivity index (χ1v) is 9.05. The number of benzene rings is 1. The smallest absolute Gasteiger partial charge is 0.282 e. The van der Waals surface area contributed by atoms with Crippen molar-refractivity contribution in [2.45, 2.75) is 38.4 Å². The van der Waals surface area contributed by atoms with E-state index < -0.39 is 18.8 Å². The fraction of sp³-hybridized carbons (Fsp3) is 0.400. The first-order chi connectivity index (χ1) is 12.8. The Morgan fingerprint density at radius 3 is 2.67 bits per heavy atom. The van der Waals surface area contributed by atoms with Crippen molar-refractivity contribution in [3.8, 4) is 0 Å². The summed E-state index contributed by atoms with van der Waals surface area (Å²) in [5, 5.41) is 7.99. The molecule has 7 heteroatoms. The number of pyridine rings is 1. The van der Waals surface area contributed by atoms with Crippen molar-refractivity contribution in [1.82, 2.24) is 20.1 Å². The van der Waals surface area contributed by atoms with E-state index in [1.54, 1.807) is 12.4 Å². The molecule has 1 aliphatic rings. The molecule has 27 heavy (non-hydrogen) atoms. The second-order valence-electron chi connectivity index (χ2n) is 7.37. The van der Waals surface area contributed by atoms with Gasteiger partial charge in [-0.3, -0.25) is 15.0 Å². The molecule has 1 N–H and O–H groups in total. The highest BCUT2D eigenvalue weighted by Gasteiger charge is 2.38. The lowest BCUT2D eigenvalue weighted by Gasteiger charge is -2.37. The molecule has 3 aromatic rings. The van der Waals surface area contributed by atoms with E-state index in [0.717, 1.165) is 27.6 Å². The molecule has 0 fully saturated rings. The van der Waals surface area contributed by atoms with Gasteiger partial charge in [-0.25, -0.2) is 0 Å². The number of rotatable bonds is 3. The number of H-pyrrole nitrogens is 1. The maximum Gasteiger partial charge on any atom is 0.401 e. The second-order valence-corrected chi connectivity index (χ2v) is 7.37. The molecule has 4 rings (SSSR count). The van der Waals surface area contributed by atoms with Crippen molar-refractivity contribution in [1.29, 1.82) is 0 Å². The number of halogens is 3. The third-order valence-corrected chi connectivity index (χ3v) is 5.22. The van der Waals surface area contributed by atoms with E-state index in [1.807, 2.05) is 24.3 Å². The lowest BCUT2D eigenvalue weighted by Crippen LogP contribution is -2.42. The minimum Gasteiger partial charge on any atom is -0.282 e. The molecule has 4 nitrogen and oxygen atoms in total. The van der Waals surface area contributed by atoms with Crippen LogP contribution in [0.4, 0.5) is 13.2 Å². The van der Waals surface area contributed by atoms with Crippen LogP contribution < -0.4 is 0 Å². The Morgan fingerprint density at radius 2 is 2.00 bits per heavy atom. The van der Waals surface area contributed by atoms with E-state index in [4.69, 9.17) is 0 Å². The number of nitrogens with one attached hydrogen (secondary N) is 1. The van der Waals surface area contributed by atoms with Crippen LogP contribution in [0.2, 0.25) is 0 Å². The standard InChI is InChI=1S/C20H21F3N4/c1-12(2)13-3-5-18(24-9-13)19-15-4-6-17-16(10-25-26-17)14(15)7-8-27(19)11-20(21,22)23/h3-6,9-10,12,19H,7-8,11H2,1-2H3,(H,25,26). The molecular weight excluding hydrogens is 353 g/mol. The minimum absolute atomic E-state index is 0.321. The molecule has 1 unspecified atom stereocenters. The number of fused-ring (bicyclic) bond motifs is 3. The Kier molecular flexibility index (Phi) is 4.42. The zero-order chi connectivity index (χ0) is 19.2. The summed E-state index contributed by atoms with van der Waals surface area (Å²) >= 11 is 0. The van der Waals surface area contributed by atoms with E-state index in [2.05, 4.69) is 29.0 Å². The van der Waals surface area contributed by atoms with Gasteiger partial charge in [0.15, 0.2) is 0 Å². The van der Waals surface area contributed by atoms with Crippen molar-refractivity contribution in [2.24, 2.45) is 0 Å². The molecular formula is C20H21F3N4. The van der Waals surface area contributed by atoms with Crippen LogP contribution in [0.1, 0.15) is 48.2 Å². The summed E-state index contributed by atoms with van der Waals surface area (Å²) in [4.78, 5) is 6.02. The second kappa shape index (κ2) is 6.64. The topological polar surface area (TPSA) is 44.8 Å². The normalized spacial score (nSPS) is 18.2. The Hall–Kier alpha value is -2.41. The predicted molar refractivity (Wildman–Crippen MR) is 97.6 cm³/mol. The van der Waals surface area contributed by atoms with Crippen LogP contribution in [0.25, 0.3) is 10.9 Å². The van der Waals surface area contributed by atoms with Crippen molar-refractivity contribution in [3.63, 3.8) is 0 Å². The van der Waals surface area contributed by atoms with E-state index in [9.17, 15) is 13.2 Å². The van der Waals surface area contributed by atoms with E-state index >= 15 is 0 Å². The van der Waals surface area contributed by atoms with Gasteiger partial charge in [0.25, 0.3) is 0 Å². The SMILES string of the molecule is CC(C)c1ccc(C2c3ccc4[nH]ncc4c3CCN2CC(F)(F)F)nc1. The van der Waals surface area contributed by atoms with Crippen molar-refractivity contribution < 1.29 is 13.2 Å². The fourth-order valence-corrected chi connectivity index (χ4v) is 3.88. The Bertz CT molecular complexity index is 944. The summed E-state index contributed by atoms with van der Waals surface area (Å²) in [7, 11) is 0. The molecule has 1 atom stereocenters. The predicted octanol–water partition coefficient (Wildman–Crippen LogP) is 4.59. The number of hydrogen-bond acceptors (Lipinski definition) is 3. The maximum absolute atomic E-state index is 13.2. The zero-order valence-corrected chi connectivity index (χ0v) is 15.2. The van der Waals surface area contributed by atoms with Gasteiger partial charge in [-0.05, 0) is 41.2 Å².